The lowest BCUT2D eigenvalue weighted by Gasteiger charge is -2.26. The molecule has 2 aromatic carbocycles. The second-order valence-electron chi connectivity index (χ2n) is 7.36. The van der Waals surface area contributed by atoms with E-state index in [1.54, 1.807) is 54.4 Å². The van der Waals surface area contributed by atoms with Gasteiger partial charge in [-0.2, -0.15) is 16.9 Å². The minimum absolute atomic E-state index is 0.136. The van der Waals surface area contributed by atoms with Crippen molar-refractivity contribution < 1.29 is 23.8 Å². The fraction of sp³-hybridized carbons (Fsp3) is 0.375. The molecule has 3 rings (SSSR count). The number of thioether (sulfide) groups is 1. The van der Waals surface area contributed by atoms with Crippen LogP contribution in [0.3, 0.4) is 0 Å². The molecular formula is C24H29N3O5S. The van der Waals surface area contributed by atoms with E-state index in [1.807, 2.05) is 18.4 Å². The standard InChI is InChI=1S/C24H29N3O5S/c1-33-15-14-31-23(28)18-32-22-8-4-19(5-9-22)16-25-26-24(29)21-6-2-20(3-7-21)17-27-10-12-30-13-11-27/h2-9,16H,10-15,17-18H2,1H3,(H,26,29)/b25-16-. The molecule has 0 saturated carbocycles. The van der Waals surface area contributed by atoms with Gasteiger partial charge in [-0.1, -0.05) is 12.1 Å². The van der Waals surface area contributed by atoms with Crippen molar-refractivity contribution in [1.29, 1.82) is 0 Å². The molecule has 1 aliphatic rings. The maximum Gasteiger partial charge on any atom is 0.344 e. The highest BCUT2D eigenvalue weighted by molar-refractivity contribution is 7.98. The maximum absolute atomic E-state index is 12.3. The molecular weight excluding hydrogens is 442 g/mol. The van der Waals surface area contributed by atoms with Crippen molar-refractivity contribution in [2.45, 2.75) is 6.54 Å². The van der Waals surface area contributed by atoms with Crippen LogP contribution in [0, 0.1) is 0 Å². The van der Waals surface area contributed by atoms with Crippen LogP contribution in [0.5, 0.6) is 5.75 Å². The first kappa shape index (κ1) is 24.8. The largest absolute Gasteiger partial charge is 0.482 e. The number of carbonyl (C=O) groups excluding carboxylic acids is 2. The molecule has 0 aliphatic carbocycles. The van der Waals surface area contributed by atoms with Crippen LogP contribution in [0.4, 0.5) is 0 Å². The number of esters is 1. The summed E-state index contributed by atoms with van der Waals surface area (Å²) in [5, 5.41) is 4.02. The first-order chi connectivity index (χ1) is 16.1. The van der Waals surface area contributed by atoms with Crippen LogP contribution in [0.2, 0.25) is 0 Å². The van der Waals surface area contributed by atoms with Crippen molar-refractivity contribution in [3.63, 3.8) is 0 Å². The van der Waals surface area contributed by atoms with Crippen LogP contribution in [0.25, 0.3) is 0 Å². The van der Waals surface area contributed by atoms with E-state index in [1.165, 1.54) is 0 Å². The van der Waals surface area contributed by atoms with Crippen LogP contribution >= 0.6 is 11.8 Å². The molecule has 0 unspecified atom stereocenters. The molecule has 0 aromatic heterocycles. The number of amides is 1. The average Bonchev–Trinajstić information content (AvgIpc) is 2.85. The summed E-state index contributed by atoms with van der Waals surface area (Å²) >= 11 is 1.61. The molecule has 0 bridgehead atoms. The number of nitrogens with zero attached hydrogens (tertiary/aromatic N) is 2. The van der Waals surface area contributed by atoms with Gasteiger partial charge in [0.1, 0.15) is 12.4 Å². The van der Waals surface area contributed by atoms with Crippen molar-refractivity contribution in [3.05, 3.63) is 65.2 Å². The second kappa shape index (κ2) is 13.6. The highest BCUT2D eigenvalue weighted by Gasteiger charge is 2.11. The van der Waals surface area contributed by atoms with E-state index in [0.29, 0.717) is 17.9 Å². The van der Waals surface area contributed by atoms with Gasteiger partial charge in [0.15, 0.2) is 6.61 Å². The molecule has 1 fully saturated rings. The van der Waals surface area contributed by atoms with Crippen LogP contribution in [-0.4, -0.2) is 74.5 Å². The Labute approximate surface area is 198 Å². The second-order valence-corrected chi connectivity index (χ2v) is 8.34. The lowest BCUT2D eigenvalue weighted by molar-refractivity contribution is -0.145. The van der Waals surface area contributed by atoms with Gasteiger partial charge < -0.3 is 14.2 Å². The maximum atomic E-state index is 12.3. The van der Waals surface area contributed by atoms with E-state index in [0.717, 1.165) is 49.7 Å². The fourth-order valence-corrected chi connectivity index (χ4v) is 3.33. The summed E-state index contributed by atoms with van der Waals surface area (Å²) in [6.45, 7) is 4.47. The van der Waals surface area contributed by atoms with E-state index >= 15 is 0 Å². The normalized spacial score (nSPS) is 14.2. The van der Waals surface area contributed by atoms with Gasteiger partial charge in [0.2, 0.25) is 0 Å². The van der Waals surface area contributed by atoms with Crippen molar-refractivity contribution in [2.24, 2.45) is 5.10 Å². The Kier molecular flexibility index (Phi) is 10.2. The summed E-state index contributed by atoms with van der Waals surface area (Å²) in [4.78, 5) is 26.2. The zero-order chi connectivity index (χ0) is 23.3. The highest BCUT2D eigenvalue weighted by atomic mass is 32.2. The quantitative estimate of drug-likeness (QED) is 0.233. The van der Waals surface area contributed by atoms with Crippen molar-refractivity contribution >= 4 is 29.9 Å². The summed E-state index contributed by atoms with van der Waals surface area (Å²) in [6.07, 6.45) is 3.50. The molecule has 0 spiro atoms. The molecule has 1 amide bonds. The molecule has 8 nitrogen and oxygen atoms in total. The number of rotatable bonds is 11. The Bertz CT molecular complexity index is 913. The number of nitrogens with one attached hydrogen (secondary N) is 1. The Hall–Kier alpha value is -2.88. The number of ether oxygens (including phenoxy) is 3. The summed E-state index contributed by atoms with van der Waals surface area (Å²) in [7, 11) is 0. The molecule has 9 heteroatoms. The lowest BCUT2D eigenvalue weighted by atomic mass is 10.1. The highest BCUT2D eigenvalue weighted by Crippen LogP contribution is 2.12. The predicted octanol–water partition coefficient (Wildman–Crippen LogP) is 2.57. The average molecular weight is 472 g/mol. The van der Waals surface area contributed by atoms with Gasteiger partial charge in [0.25, 0.3) is 5.91 Å². The zero-order valence-corrected chi connectivity index (χ0v) is 19.5. The number of hydrogen-bond acceptors (Lipinski definition) is 8. The monoisotopic (exact) mass is 471 g/mol. The number of hydrogen-bond donors (Lipinski definition) is 1. The van der Waals surface area contributed by atoms with Gasteiger partial charge in [0.05, 0.1) is 19.4 Å². The lowest BCUT2D eigenvalue weighted by Crippen LogP contribution is -2.35. The molecule has 1 saturated heterocycles. The number of benzene rings is 2. The summed E-state index contributed by atoms with van der Waals surface area (Å²) in [5.74, 6) is 0.641. The summed E-state index contributed by atoms with van der Waals surface area (Å²) in [6, 6.07) is 14.6. The van der Waals surface area contributed by atoms with Crippen LogP contribution in [0.15, 0.2) is 53.6 Å². The van der Waals surface area contributed by atoms with E-state index in [-0.39, 0.29) is 12.5 Å². The predicted molar refractivity (Wildman–Crippen MR) is 129 cm³/mol. The molecule has 33 heavy (non-hydrogen) atoms. The number of morpholine rings is 1. The molecule has 0 radical (unpaired) electrons. The molecule has 1 aliphatic heterocycles. The van der Waals surface area contributed by atoms with Crippen LogP contribution in [0.1, 0.15) is 21.5 Å². The Morgan fingerprint density at radius 2 is 1.85 bits per heavy atom. The smallest absolute Gasteiger partial charge is 0.344 e. The van der Waals surface area contributed by atoms with Gasteiger partial charge in [-0.05, 0) is 53.8 Å². The van der Waals surface area contributed by atoms with Crippen molar-refractivity contribution in [1.82, 2.24) is 10.3 Å². The topological polar surface area (TPSA) is 89.5 Å². The SMILES string of the molecule is CSCCOC(=O)COc1ccc(/C=N\NC(=O)c2ccc(CN3CCOCC3)cc2)cc1. The fourth-order valence-electron chi connectivity index (χ4n) is 3.08. The number of carbonyl (C=O) groups is 2. The summed E-state index contributed by atoms with van der Waals surface area (Å²) in [5.41, 5.74) is 5.03. The third-order valence-electron chi connectivity index (χ3n) is 4.89. The van der Waals surface area contributed by atoms with Gasteiger partial charge in [-0.25, -0.2) is 10.2 Å². The van der Waals surface area contributed by atoms with Gasteiger partial charge in [-0.15, -0.1) is 0 Å². The van der Waals surface area contributed by atoms with Crippen molar-refractivity contribution in [3.8, 4) is 5.75 Å². The molecule has 0 atom stereocenters. The van der Waals surface area contributed by atoms with Gasteiger partial charge in [-0.3, -0.25) is 9.69 Å². The number of hydrazone groups is 1. The molecule has 176 valence electrons. The summed E-state index contributed by atoms with van der Waals surface area (Å²) < 4.78 is 15.8. The third kappa shape index (κ3) is 8.88. The zero-order valence-electron chi connectivity index (χ0n) is 18.7. The Morgan fingerprint density at radius 1 is 1.12 bits per heavy atom. The Morgan fingerprint density at radius 3 is 2.55 bits per heavy atom. The van der Waals surface area contributed by atoms with E-state index in [9.17, 15) is 9.59 Å². The van der Waals surface area contributed by atoms with E-state index in [2.05, 4.69) is 15.4 Å². The first-order valence-electron chi connectivity index (χ1n) is 10.7. The third-order valence-corrected chi connectivity index (χ3v) is 5.47. The first-order valence-corrected chi connectivity index (χ1v) is 12.1. The van der Waals surface area contributed by atoms with Gasteiger partial charge >= 0.3 is 5.97 Å². The van der Waals surface area contributed by atoms with Crippen LogP contribution < -0.4 is 10.2 Å². The van der Waals surface area contributed by atoms with E-state index < -0.39 is 5.97 Å². The van der Waals surface area contributed by atoms with E-state index in [4.69, 9.17) is 14.2 Å². The van der Waals surface area contributed by atoms with Crippen LogP contribution in [-0.2, 0) is 20.8 Å². The molecule has 1 N–H and O–H groups in total. The minimum Gasteiger partial charge on any atom is -0.482 e. The van der Waals surface area contributed by atoms with Crippen molar-refractivity contribution in [2.75, 3.05) is 51.5 Å². The molecule has 2 aromatic rings. The Balaban J connectivity index is 1.40. The van der Waals surface area contributed by atoms with Gasteiger partial charge in [0, 0.05) is 31.0 Å². The molecule has 1 heterocycles. The minimum atomic E-state index is -0.397.